The summed E-state index contributed by atoms with van der Waals surface area (Å²) < 4.78 is 4.96. The fourth-order valence-corrected chi connectivity index (χ4v) is 4.35. The van der Waals surface area contributed by atoms with Crippen molar-refractivity contribution in [3.8, 4) is 23.4 Å². The Morgan fingerprint density at radius 1 is 1.11 bits per heavy atom. The van der Waals surface area contributed by atoms with Crippen molar-refractivity contribution >= 4 is 5.97 Å². The maximum Gasteiger partial charge on any atom is 0.308 e. The summed E-state index contributed by atoms with van der Waals surface area (Å²) in [5, 5.41) is 18.9. The first-order chi connectivity index (χ1) is 13.4. The third-order valence-corrected chi connectivity index (χ3v) is 5.27. The van der Waals surface area contributed by atoms with Gasteiger partial charge in [-0.15, -0.1) is 0 Å². The molecule has 2 atom stereocenters. The molecule has 0 fully saturated rings. The van der Waals surface area contributed by atoms with Crippen molar-refractivity contribution in [3.05, 3.63) is 46.9 Å². The summed E-state index contributed by atoms with van der Waals surface area (Å²) in [4.78, 5) is 21.3. The van der Waals surface area contributed by atoms with Crippen molar-refractivity contribution in [2.24, 2.45) is 11.8 Å². The Kier molecular flexibility index (Phi) is 5.16. The number of methoxy groups -OCH3 is 1. The Morgan fingerprint density at radius 2 is 1.75 bits per heavy atom. The van der Waals surface area contributed by atoms with Crippen molar-refractivity contribution in [1.82, 2.24) is 9.97 Å². The number of hydrogen-bond donors (Lipinski definition) is 0. The molecule has 3 rings (SSSR count). The lowest BCUT2D eigenvalue weighted by Gasteiger charge is -2.34. The molecule has 0 saturated heterocycles. The van der Waals surface area contributed by atoms with Crippen LogP contribution in [0.2, 0.25) is 0 Å². The first-order valence-electron chi connectivity index (χ1n) is 9.28. The molecule has 6 nitrogen and oxygen atoms in total. The average molecular weight is 374 g/mol. The van der Waals surface area contributed by atoms with Crippen LogP contribution in [-0.4, -0.2) is 23.0 Å². The van der Waals surface area contributed by atoms with E-state index in [9.17, 15) is 15.3 Å². The van der Waals surface area contributed by atoms with Gasteiger partial charge >= 0.3 is 5.97 Å². The van der Waals surface area contributed by atoms with E-state index in [0.29, 0.717) is 23.7 Å². The van der Waals surface area contributed by atoms with Crippen molar-refractivity contribution in [1.29, 1.82) is 10.5 Å². The smallest absolute Gasteiger partial charge is 0.308 e. The SMILES string of the molecule is COC(=O)[C@@H](C)CC1(CC(C)C)c2ccccc2-c2nc(C#N)c(C#N)nc21. The second kappa shape index (κ2) is 7.40. The maximum absolute atomic E-state index is 12.2. The molecule has 0 N–H and O–H groups in total. The van der Waals surface area contributed by atoms with Crippen LogP contribution >= 0.6 is 0 Å². The topological polar surface area (TPSA) is 99.7 Å². The van der Waals surface area contributed by atoms with Crippen molar-refractivity contribution in [2.45, 2.75) is 39.0 Å². The van der Waals surface area contributed by atoms with Gasteiger partial charge in [-0.3, -0.25) is 4.79 Å². The van der Waals surface area contributed by atoms with Gasteiger partial charge in [-0.05, 0) is 24.3 Å². The predicted octanol–water partition coefficient (Wildman–Crippen LogP) is 3.73. The molecule has 2 aromatic rings. The fraction of sp³-hybridized carbons (Fsp3) is 0.409. The Balaban J connectivity index is 2.32. The van der Waals surface area contributed by atoms with E-state index >= 15 is 0 Å². The van der Waals surface area contributed by atoms with E-state index < -0.39 is 5.41 Å². The van der Waals surface area contributed by atoms with Gasteiger partial charge in [0, 0.05) is 11.0 Å². The van der Waals surface area contributed by atoms with Gasteiger partial charge in [0.25, 0.3) is 0 Å². The predicted molar refractivity (Wildman–Crippen MR) is 103 cm³/mol. The van der Waals surface area contributed by atoms with Crippen LogP contribution in [0, 0.1) is 34.5 Å². The monoisotopic (exact) mass is 374 g/mol. The highest BCUT2D eigenvalue weighted by Gasteiger charge is 2.48. The number of esters is 1. The lowest BCUT2D eigenvalue weighted by atomic mass is 9.69. The van der Waals surface area contributed by atoms with E-state index in [1.165, 1.54) is 7.11 Å². The first kappa shape index (κ1) is 19.5. The summed E-state index contributed by atoms with van der Waals surface area (Å²) in [7, 11) is 1.39. The molecule has 0 radical (unpaired) electrons. The molecule has 1 aromatic carbocycles. The molecule has 0 saturated carbocycles. The van der Waals surface area contributed by atoms with E-state index in [0.717, 1.165) is 17.5 Å². The molecular weight excluding hydrogens is 352 g/mol. The number of nitrogens with zero attached hydrogens (tertiary/aromatic N) is 4. The van der Waals surface area contributed by atoms with Crippen molar-refractivity contribution < 1.29 is 9.53 Å². The molecule has 0 spiro atoms. The summed E-state index contributed by atoms with van der Waals surface area (Å²) in [6.45, 7) is 6.08. The quantitative estimate of drug-likeness (QED) is 0.739. The largest absolute Gasteiger partial charge is 0.469 e. The van der Waals surface area contributed by atoms with E-state index in [2.05, 4.69) is 23.8 Å². The summed E-state index contributed by atoms with van der Waals surface area (Å²) in [5.41, 5.74) is 2.72. The van der Waals surface area contributed by atoms with E-state index in [1.807, 2.05) is 43.3 Å². The van der Waals surface area contributed by atoms with E-state index in [-0.39, 0.29) is 23.3 Å². The molecule has 0 aliphatic heterocycles. The van der Waals surface area contributed by atoms with Crippen LogP contribution in [0.1, 0.15) is 56.3 Å². The Labute approximate surface area is 164 Å². The van der Waals surface area contributed by atoms with E-state index in [1.54, 1.807) is 0 Å². The normalized spacial score (nSPS) is 18.0. The molecule has 1 aliphatic carbocycles. The molecule has 142 valence electrons. The van der Waals surface area contributed by atoms with Crippen molar-refractivity contribution in [3.63, 3.8) is 0 Å². The van der Waals surface area contributed by atoms with Crippen LogP contribution in [0.4, 0.5) is 0 Å². The maximum atomic E-state index is 12.2. The van der Waals surface area contributed by atoms with Crippen LogP contribution < -0.4 is 0 Å². The number of ether oxygens (including phenoxy) is 1. The summed E-state index contributed by atoms with van der Waals surface area (Å²) >= 11 is 0. The number of nitriles is 2. The zero-order chi connectivity index (χ0) is 20.5. The molecule has 28 heavy (non-hydrogen) atoms. The van der Waals surface area contributed by atoms with Gasteiger partial charge in [-0.2, -0.15) is 10.5 Å². The molecule has 6 heteroatoms. The molecule has 1 aromatic heterocycles. The number of carbonyl (C=O) groups excluding carboxylic acids is 1. The van der Waals surface area contributed by atoms with Gasteiger partial charge in [0.2, 0.25) is 0 Å². The number of carbonyl (C=O) groups is 1. The summed E-state index contributed by atoms with van der Waals surface area (Å²) in [6, 6.07) is 11.8. The lowest BCUT2D eigenvalue weighted by Crippen LogP contribution is -2.33. The summed E-state index contributed by atoms with van der Waals surface area (Å²) in [5.74, 6) is -0.325. The zero-order valence-corrected chi connectivity index (χ0v) is 16.5. The highest BCUT2D eigenvalue weighted by Crippen LogP contribution is 2.53. The van der Waals surface area contributed by atoms with Crippen LogP contribution in [0.3, 0.4) is 0 Å². The first-order valence-corrected chi connectivity index (χ1v) is 9.28. The highest BCUT2D eigenvalue weighted by atomic mass is 16.5. The Morgan fingerprint density at radius 3 is 2.36 bits per heavy atom. The molecule has 1 heterocycles. The highest BCUT2D eigenvalue weighted by molar-refractivity contribution is 5.79. The van der Waals surface area contributed by atoms with Gasteiger partial charge in [0.15, 0.2) is 11.4 Å². The molecule has 0 amide bonds. The minimum atomic E-state index is -0.569. The van der Waals surface area contributed by atoms with Gasteiger partial charge in [0.05, 0.1) is 24.4 Å². The second-order valence-electron chi connectivity index (χ2n) is 7.70. The number of fused-ring (bicyclic) bond motifs is 3. The van der Waals surface area contributed by atoms with Gasteiger partial charge in [-0.1, -0.05) is 45.0 Å². The van der Waals surface area contributed by atoms with Gasteiger partial charge < -0.3 is 4.74 Å². The van der Waals surface area contributed by atoms with Gasteiger partial charge in [-0.25, -0.2) is 9.97 Å². The molecular formula is C22H22N4O2. The van der Waals surface area contributed by atoms with Crippen molar-refractivity contribution in [2.75, 3.05) is 7.11 Å². The van der Waals surface area contributed by atoms with Gasteiger partial charge in [0.1, 0.15) is 12.1 Å². The number of aromatic nitrogens is 2. The molecule has 0 bridgehead atoms. The number of rotatable bonds is 5. The minimum absolute atomic E-state index is 0.0212. The van der Waals surface area contributed by atoms with Crippen LogP contribution in [0.5, 0.6) is 0 Å². The fourth-order valence-electron chi connectivity index (χ4n) is 4.35. The number of hydrogen-bond acceptors (Lipinski definition) is 6. The standard InChI is InChI=1S/C22H22N4O2/c1-13(2)9-22(10-14(3)21(27)28-4)16-8-6-5-7-15(16)19-20(22)26-18(12-24)17(11-23)25-19/h5-8,13-14H,9-10H2,1-4H3/t14-,22?/m0/s1. The van der Waals surface area contributed by atoms with E-state index in [4.69, 9.17) is 4.74 Å². The third kappa shape index (κ3) is 3.01. The summed E-state index contributed by atoms with van der Waals surface area (Å²) in [6.07, 6.45) is 1.23. The molecule has 1 unspecified atom stereocenters. The average Bonchev–Trinajstić information content (AvgIpc) is 2.95. The Hall–Kier alpha value is -3.25. The Bertz CT molecular complexity index is 1020. The lowest BCUT2D eigenvalue weighted by molar-refractivity contribution is -0.145. The number of benzene rings is 1. The van der Waals surface area contributed by atoms with Crippen LogP contribution in [-0.2, 0) is 14.9 Å². The van der Waals surface area contributed by atoms with Crippen LogP contribution in [0.25, 0.3) is 11.3 Å². The van der Waals surface area contributed by atoms with Crippen LogP contribution in [0.15, 0.2) is 24.3 Å². The molecule has 1 aliphatic rings. The zero-order valence-electron chi connectivity index (χ0n) is 16.5. The second-order valence-corrected chi connectivity index (χ2v) is 7.70. The minimum Gasteiger partial charge on any atom is -0.469 e. The third-order valence-electron chi connectivity index (χ3n) is 5.27.